The quantitative estimate of drug-likeness (QED) is 0.778. The zero-order valence-corrected chi connectivity index (χ0v) is 8.80. The summed E-state index contributed by atoms with van der Waals surface area (Å²) in [5.41, 5.74) is 0.605. The van der Waals surface area contributed by atoms with Crippen LogP contribution >= 0.6 is 0 Å². The second kappa shape index (κ2) is 4.80. The molecule has 0 saturated heterocycles. The third-order valence-corrected chi connectivity index (χ3v) is 2.11. The highest BCUT2D eigenvalue weighted by molar-refractivity contribution is 5.53. The molecule has 5 nitrogen and oxygen atoms in total. The molecule has 0 saturated carbocycles. The first kappa shape index (κ1) is 10.7. The Morgan fingerprint density at radius 3 is 3.06 bits per heavy atom. The van der Waals surface area contributed by atoms with Crippen LogP contribution in [0.1, 0.15) is 0 Å². The summed E-state index contributed by atoms with van der Waals surface area (Å²) in [5.74, 6) is 0.197. The fourth-order valence-electron chi connectivity index (χ4n) is 1.37. The molecule has 0 aliphatic carbocycles. The van der Waals surface area contributed by atoms with Crippen LogP contribution in [0.4, 0.5) is 4.39 Å². The summed E-state index contributed by atoms with van der Waals surface area (Å²) in [6, 6.07) is 1.38. The summed E-state index contributed by atoms with van der Waals surface area (Å²) in [6.07, 6.45) is 4.29. The van der Waals surface area contributed by atoms with Crippen LogP contribution in [-0.4, -0.2) is 33.5 Å². The first-order chi connectivity index (χ1) is 7.81. The van der Waals surface area contributed by atoms with E-state index in [-0.39, 0.29) is 0 Å². The molecule has 2 rings (SSSR count). The van der Waals surface area contributed by atoms with Crippen LogP contribution in [0.5, 0.6) is 0 Å². The van der Waals surface area contributed by atoms with E-state index in [0.29, 0.717) is 24.5 Å². The number of rotatable bonds is 4. The molecule has 0 N–H and O–H groups in total. The van der Waals surface area contributed by atoms with E-state index in [2.05, 4.69) is 15.2 Å². The van der Waals surface area contributed by atoms with Crippen molar-refractivity contribution in [3.8, 4) is 11.4 Å². The molecule has 0 fully saturated rings. The Morgan fingerprint density at radius 2 is 2.31 bits per heavy atom. The van der Waals surface area contributed by atoms with Crippen molar-refractivity contribution >= 4 is 0 Å². The number of methoxy groups -OCH3 is 1. The molecular weight excluding hydrogens is 211 g/mol. The largest absolute Gasteiger partial charge is 0.383 e. The summed E-state index contributed by atoms with van der Waals surface area (Å²) < 4.78 is 19.8. The van der Waals surface area contributed by atoms with Crippen LogP contribution in [-0.2, 0) is 11.3 Å². The Labute approximate surface area is 91.9 Å². The predicted molar refractivity (Wildman–Crippen MR) is 55.1 cm³/mol. The summed E-state index contributed by atoms with van der Waals surface area (Å²) in [7, 11) is 1.62. The lowest BCUT2D eigenvalue weighted by molar-refractivity contribution is 0.187. The average molecular weight is 222 g/mol. The van der Waals surface area contributed by atoms with E-state index in [0.717, 1.165) is 6.20 Å². The van der Waals surface area contributed by atoms with Gasteiger partial charge in [-0.05, 0) is 6.07 Å². The molecule has 84 valence electrons. The minimum absolute atomic E-state index is 0.390. The fourth-order valence-corrected chi connectivity index (χ4v) is 1.37. The monoisotopic (exact) mass is 222 g/mol. The summed E-state index contributed by atoms with van der Waals surface area (Å²) >= 11 is 0. The van der Waals surface area contributed by atoms with Gasteiger partial charge in [0.15, 0.2) is 5.82 Å². The highest BCUT2D eigenvalue weighted by atomic mass is 19.1. The molecule has 0 atom stereocenters. The first-order valence-corrected chi connectivity index (χ1v) is 4.79. The van der Waals surface area contributed by atoms with Gasteiger partial charge in [-0.2, -0.15) is 0 Å². The van der Waals surface area contributed by atoms with Gasteiger partial charge in [-0.1, -0.05) is 0 Å². The Hall–Kier alpha value is -1.82. The molecule has 0 aliphatic rings. The maximum Gasteiger partial charge on any atom is 0.165 e. The van der Waals surface area contributed by atoms with E-state index in [4.69, 9.17) is 4.74 Å². The van der Waals surface area contributed by atoms with Crippen molar-refractivity contribution in [2.75, 3.05) is 13.7 Å². The van der Waals surface area contributed by atoms with Gasteiger partial charge in [-0.15, -0.1) is 10.2 Å². The lowest BCUT2D eigenvalue weighted by atomic mass is 10.2. The zero-order chi connectivity index (χ0) is 11.4. The third-order valence-electron chi connectivity index (χ3n) is 2.11. The molecule has 2 heterocycles. The predicted octanol–water partition coefficient (Wildman–Crippen LogP) is 1.13. The van der Waals surface area contributed by atoms with Gasteiger partial charge in [0.25, 0.3) is 0 Å². The van der Waals surface area contributed by atoms with Crippen molar-refractivity contribution in [3.63, 3.8) is 0 Å². The van der Waals surface area contributed by atoms with Crippen LogP contribution in [0.25, 0.3) is 11.4 Å². The minimum Gasteiger partial charge on any atom is -0.383 e. The molecule has 16 heavy (non-hydrogen) atoms. The molecule has 0 aliphatic heterocycles. The SMILES string of the molecule is COCCn1cnnc1-c1cncc(F)c1. The standard InChI is InChI=1S/C10H11FN4O/c1-16-3-2-15-7-13-14-10(15)8-4-9(11)6-12-5-8/h4-7H,2-3H2,1H3. The zero-order valence-electron chi connectivity index (χ0n) is 8.80. The van der Waals surface area contributed by atoms with Crippen LogP contribution < -0.4 is 0 Å². The molecule has 0 aromatic carbocycles. The number of pyridine rings is 1. The van der Waals surface area contributed by atoms with E-state index in [1.54, 1.807) is 24.2 Å². The Morgan fingerprint density at radius 1 is 1.44 bits per heavy atom. The summed E-state index contributed by atoms with van der Waals surface area (Å²) in [5, 5.41) is 7.72. The van der Waals surface area contributed by atoms with Gasteiger partial charge in [0.2, 0.25) is 0 Å². The molecule has 0 amide bonds. The van der Waals surface area contributed by atoms with E-state index in [1.807, 2.05) is 0 Å². The van der Waals surface area contributed by atoms with Crippen LogP contribution in [0.3, 0.4) is 0 Å². The highest BCUT2D eigenvalue weighted by Crippen LogP contribution is 2.15. The number of nitrogens with zero attached hydrogens (tertiary/aromatic N) is 4. The maximum absolute atomic E-state index is 13.0. The molecule has 0 spiro atoms. The van der Waals surface area contributed by atoms with Crippen molar-refractivity contribution in [3.05, 3.63) is 30.6 Å². The Bertz CT molecular complexity index is 471. The Balaban J connectivity index is 2.29. The number of hydrogen-bond donors (Lipinski definition) is 0. The van der Waals surface area contributed by atoms with Crippen molar-refractivity contribution in [1.82, 2.24) is 19.7 Å². The first-order valence-electron chi connectivity index (χ1n) is 4.79. The van der Waals surface area contributed by atoms with Gasteiger partial charge in [-0.25, -0.2) is 4.39 Å². The molecule has 0 unspecified atom stereocenters. The van der Waals surface area contributed by atoms with Gasteiger partial charge in [0.05, 0.1) is 12.8 Å². The fraction of sp³-hybridized carbons (Fsp3) is 0.300. The van der Waals surface area contributed by atoms with Crippen molar-refractivity contribution in [2.45, 2.75) is 6.54 Å². The maximum atomic E-state index is 13.0. The van der Waals surface area contributed by atoms with E-state index in [1.165, 1.54) is 6.07 Å². The third kappa shape index (κ3) is 2.22. The van der Waals surface area contributed by atoms with Gasteiger partial charge in [0, 0.05) is 25.4 Å². The summed E-state index contributed by atoms with van der Waals surface area (Å²) in [4.78, 5) is 3.77. The van der Waals surface area contributed by atoms with E-state index < -0.39 is 5.82 Å². The van der Waals surface area contributed by atoms with Gasteiger partial charge >= 0.3 is 0 Å². The van der Waals surface area contributed by atoms with Crippen LogP contribution in [0, 0.1) is 5.82 Å². The normalized spacial score (nSPS) is 10.6. The molecule has 0 radical (unpaired) electrons. The molecular formula is C10H11FN4O. The number of ether oxygens (including phenoxy) is 1. The van der Waals surface area contributed by atoms with E-state index in [9.17, 15) is 4.39 Å². The topological polar surface area (TPSA) is 52.8 Å². The lowest BCUT2D eigenvalue weighted by Crippen LogP contribution is -2.05. The highest BCUT2D eigenvalue weighted by Gasteiger charge is 2.08. The second-order valence-corrected chi connectivity index (χ2v) is 3.23. The van der Waals surface area contributed by atoms with Crippen molar-refractivity contribution < 1.29 is 9.13 Å². The average Bonchev–Trinajstić information content (AvgIpc) is 2.74. The molecule has 2 aromatic heterocycles. The molecule has 0 bridgehead atoms. The van der Waals surface area contributed by atoms with Crippen LogP contribution in [0.15, 0.2) is 24.8 Å². The van der Waals surface area contributed by atoms with Gasteiger partial charge < -0.3 is 9.30 Å². The second-order valence-electron chi connectivity index (χ2n) is 3.23. The lowest BCUT2D eigenvalue weighted by Gasteiger charge is -2.05. The van der Waals surface area contributed by atoms with Gasteiger partial charge in [-0.3, -0.25) is 4.98 Å². The van der Waals surface area contributed by atoms with Crippen LogP contribution in [0.2, 0.25) is 0 Å². The smallest absolute Gasteiger partial charge is 0.165 e. The number of aromatic nitrogens is 4. The van der Waals surface area contributed by atoms with Crippen molar-refractivity contribution in [1.29, 1.82) is 0 Å². The number of hydrogen-bond acceptors (Lipinski definition) is 4. The Kier molecular flexibility index (Phi) is 3.21. The number of halogens is 1. The van der Waals surface area contributed by atoms with E-state index >= 15 is 0 Å². The van der Waals surface area contributed by atoms with Gasteiger partial charge in [0.1, 0.15) is 12.1 Å². The van der Waals surface area contributed by atoms with Crippen molar-refractivity contribution in [2.24, 2.45) is 0 Å². The molecule has 6 heteroatoms. The minimum atomic E-state index is -0.390. The molecule has 2 aromatic rings. The summed E-state index contributed by atoms with van der Waals surface area (Å²) in [6.45, 7) is 1.17.